The van der Waals surface area contributed by atoms with Gasteiger partial charge in [-0.15, -0.1) is 11.3 Å². The van der Waals surface area contributed by atoms with Crippen LogP contribution in [0.25, 0.3) is 11.0 Å². The molecule has 1 N–H and O–H groups in total. The van der Waals surface area contributed by atoms with Crippen LogP contribution in [0.1, 0.15) is 22.3 Å². The standard InChI is InChI=1S/C14H10BrClO2S/c1-7-4-12(19-14(7)15)13(17)11-6-8-5-9(16)2-3-10(8)18-11/h2-6,13,17H,1H3. The van der Waals surface area contributed by atoms with Crippen LogP contribution in [0, 0.1) is 6.92 Å². The van der Waals surface area contributed by atoms with E-state index in [0.717, 1.165) is 25.2 Å². The number of thiophene rings is 1. The lowest BCUT2D eigenvalue weighted by Crippen LogP contribution is -1.94. The van der Waals surface area contributed by atoms with E-state index in [0.29, 0.717) is 10.8 Å². The van der Waals surface area contributed by atoms with E-state index in [1.807, 2.05) is 31.2 Å². The van der Waals surface area contributed by atoms with Crippen LogP contribution in [0.4, 0.5) is 0 Å². The van der Waals surface area contributed by atoms with Gasteiger partial charge >= 0.3 is 0 Å². The van der Waals surface area contributed by atoms with Crippen LogP contribution in [-0.4, -0.2) is 5.11 Å². The lowest BCUT2D eigenvalue weighted by atomic mass is 10.2. The predicted molar refractivity (Wildman–Crippen MR) is 82.0 cm³/mol. The summed E-state index contributed by atoms with van der Waals surface area (Å²) in [6.45, 7) is 2.00. The van der Waals surface area contributed by atoms with Gasteiger partial charge < -0.3 is 9.52 Å². The molecule has 0 spiro atoms. The number of fused-ring (bicyclic) bond motifs is 1. The molecule has 1 unspecified atom stereocenters. The van der Waals surface area contributed by atoms with Gasteiger partial charge in [0.15, 0.2) is 0 Å². The first-order valence-corrected chi connectivity index (χ1v) is 7.66. The number of hydrogen-bond donors (Lipinski definition) is 1. The molecule has 0 aliphatic rings. The molecule has 1 aromatic carbocycles. The number of aliphatic hydroxyl groups is 1. The summed E-state index contributed by atoms with van der Waals surface area (Å²) in [7, 11) is 0. The number of aliphatic hydroxyl groups excluding tert-OH is 1. The van der Waals surface area contributed by atoms with Gasteiger partial charge in [-0.3, -0.25) is 0 Å². The Bertz CT molecular complexity index is 728. The van der Waals surface area contributed by atoms with Gasteiger partial charge in [-0.2, -0.15) is 0 Å². The Morgan fingerprint density at radius 2 is 2.11 bits per heavy atom. The third-order valence-corrected chi connectivity index (χ3v) is 5.34. The molecule has 0 amide bonds. The van der Waals surface area contributed by atoms with Crippen molar-refractivity contribution in [2.24, 2.45) is 0 Å². The minimum absolute atomic E-state index is 0.533. The molecule has 3 aromatic rings. The van der Waals surface area contributed by atoms with Gasteiger partial charge in [0.2, 0.25) is 0 Å². The minimum atomic E-state index is -0.749. The number of hydrogen-bond acceptors (Lipinski definition) is 3. The molecule has 1 atom stereocenters. The van der Waals surface area contributed by atoms with Crippen molar-refractivity contribution in [2.75, 3.05) is 0 Å². The van der Waals surface area contributed by atoms with Crippen molar-refractivity contribution in [1.29, 1.82) is 0 Å². The second-order valence-electron chi connectivity index (χ2n) is 4.34. The van der Waals surface area contributed by atoms with Gasteiger partial charge in [-0.05, 0) is 58.7 Å². The van der Waals surface area contributed by atoms with Crippen LogP contribution >= 0.6 is 38.9 Å². The zero-order valence-electron chi connectivity index (χ0n) is 9.98. The summed E-state index contributed by atoms with van der Waals surface area (Å²) in [5.41, 5.74) is 1.84. The largest absolute Gasteiger partial charge is 0.458 e. The van der Waals surface area contributed by atoms with E-state index >= 15 is 0 Å². The zero-order valence-corrected chi connectivity index (χ0v) is 13.1. The highest BCUT2D eigenvalue weighted by Gasteiger charge is 2.18. The summed E-state index contributed by atoms with van der Waals surface area (Å²) in [5.74, 6) is 0.533. The van der Waals surface area contributed by atoms with Gasteiger partial charge in [0, 0.05) is 15.3 Å². The van der Waals surface area contributed by atoms with Gasteiger partial charge in [0.1, 0.15) is 17.4 Å². The molecule has 0 saturated heterocycles. The van der Waals surface area contributed by atoms with Gasteiger partial charge in [0.25, 0.3) is 0 Å². The summed E-state index contributed by atoms with van der Waals surface area (Å²) in [6, 6.07) is 9.19. The summed E-state index contributed by atoms with van der Waals surface area (Å²) in [5, 5.41) is 11.9. The second kappa shape index (κ2) is 4.94. The molecule has 0 aliphatic carbocycles. The van der Waals surface area contributed by atoms with Crippen molar-refractivity contribution in [2.45, 2.75) is 13.0 Å². The normalized spacial score (nSPS) is 13.1. The molecule has 2 heterocycles. The first kappa shape index (κ1) is 13.2. The maximum Gasteiger partial charge on any atom is 0.146 e. The average molecular weight is 358 g/mol. The number of benzene rings is 1. The molecular weight excluding hydrogens is 348 g/mol. The molecule has 19 heavy (non-hydrogen) atoms. The summed E-state index contributed by atoms with van der Waals surface area (Å²) in [6.07, 6.45) is -0.749. The Hall–Kier alpha value is -0.810. The highest BCUT2D eigenvalue weighted by atomic mass is 79.9. The fourth-order valence-electron chi connectivity index (χ4n) is 1.93. The number of rotatable bonds is 2. The Kier molecular flexibility index (Phi) is 3.43. The molecule has 0 fully saturated rings. The average Bonchev–Trinajstić information content (AvgIpc) is 2.92. The number of halogens is 2. The van der Waals surface area contributed by atoms with Crippen LogP contribution in [-0.2, 0) is 0 Å². The van der Waals surface area contributed by atoms with Crippen molar-refractivity contribution < 1.29 is 9.52 Å². The van der Waals surface area contributed by atoms with Crippen molar-refractivity contribution in [3.05, 3.63) is 55.3 Å². The van der Waals surface area contributed by atoms with E-state index in [1.165, 1.54) is 11.3 Å². The molecule has 0 aliphatic heterocycles. The summed E-state index contributed by atoms with van der Waals surface area (Å²) >= 11 is 10.9. The Morgan fingerprint density at radius 3 is 2.79 bits per heavy atom. The number of aryl methyl sites for hydroxylation is 1. The lowest BCUT2D eigenvalue weighted by molar-refractivity contribution is 0.196. The molecular formula is C14H10BrClO2S. The fourth-order valence-corrected chi connectivity index (χ4v) is 3.67. The quantitative estimate of drug-likeness (QED) is 0.675. The third kappa shape index (κ3) is 2.46. The third-order valence-electron chi connectivity index (χ3n) is 2.91. The Balaban J connectivity index is 2.03. The molecule has 2 nitrogen and oxygen atoms in total. The van der Waals surface area contributed by atoms with Crippen LogP contribution in [0.3, 0.4) is 0 Å². The smallest absolute Gasteiger partial charge is 0.146 e. The summed E-state index contributed by atoms with van der Waals surface area (Å²) in [4.78, 5) is 0.856. The van der Waals surface area contributed by atoms with E-state index in [-0.39, 0.29) is 0 Å². The van der Waals surface area contributed by atoms with Gasteiger partial charge in [0.05, 0.1) is 3.79 Å². The first-order valence-electron chi connectivity index (χ1n) is 5.67. The SMILES string of the molecule is Cc1cc(C(O)c2cc3cc(Cl)ccc3o2)sc1Br. The molecule has 2 aromatic heterocycles. The van der Waals surface area contributed by atoms with Gasteiger partial charge in [-0.25, -0.2) is 0 Å². The molecule has 0 radical (unpaired) electrons. The molecule has 0 saturated carbocycles. The van der Waals surface area contributed by atoms with Gasteiger partial charge in [-0.1, -0.05) is 11.6 Å². The highest BCUT2D eigenvalue weighted by Crippen LogP contribution is 2.36. The first-order chi connectivity index (χ1) is 9.04. The Labute approximate surface area is 127 Å². The topological polar surface area (TPSA) is 33.4 Å². The van der Waals surface area contributed by atoms with E-state index in [9.17, 15) is 5.11 Å². The Morgan fingerprint density at radius 1 is 1.32 bits per heavy atom. The van der Waals surface area contributed by atoms with Crippen LogP contribution in [0.15, 0.2) is 38.5 Å². The predicted octanol–water partition coefficient (Wildman–Crippen LogP) is 5.30. The number of furan rings is 1. The second-order valence-corrected chi connectivity index (χ2v) is 7.18. The monoisotopic (exact) mass is 356 g/mol. The van der Waals surface area contributed by atoms with Crippen molar-refractivity contribution in [3.63, 3.8) is 0 Å². The molecule has 5 heteroatoms. The minimum Gasteiger partial charge on any atom is -0.458 e. The lowest BCUT2D eigenvalue weighted by Gasteiger charge is -2.03. The van der Waals surface area contributed by atoms with E-state index < -0.39 is 6.10 Å². The molecule has 98 valence electrons. The van der Waals surface area contributed by atoms with E-state index in [4.69, 9.17) is 16.0 Å². The van der Waals surface area contributed by atoms with Crippen LogP contribution in [0.5, 0.6) is 0 Å². The molecule has 0 bridgehead atoms. The van der Waals surface area contributed by atoms with Crippen LogP contribution < -0.4 is 0 Å². The fraction of sp³-hybridized carbons (Fsp3) is 0.143. The summed E-state index contributed by atoms with van der Waals surface area (Å²) < 4.78 is 6.70. The van der Waals surface area contributed by atoms with E-state index in [1.54, 1.807) is 6.07 Å². The zero-order chi connectivity index (χ0) is 13.6. The van der Waals surface area contributed by atoms with Crippen LogP contribution in [0.2, 0.25) is 5.02 Å². The maximum absolute atomic E-state index is 10.4. The van der Waals surface area contributed by atoms with Crippen molar-refractivity contribution in [3.8, 4) is 0 Å². The van der Waals surface area contributed by atoms with Crippen molar-refractivity contribution in [1.82, 2.24) is 0 Å². The maximum atomic E-state index is 10.4. The van der Waals surface area contributed by atoms with Crippen molar-refractivity contribution >= 4 is 49.8 Å². The molecule has 3 rings (SSSR count). The van der Waals surface area contributed by atoms with E-state index in [2.05, 4.69) is 15.9 Å². The highest BCUT2D eigenvalue weighted by molar-refractivity contribution is 9.11.